The number of carbonyl (C=O) groups excluding carboxylic acids is 1. The zero-order valence-electron chi connectivity index (χ0n) is 18.0. The molecule has 10 heteroatoms. The summed E-state index contributed by atoms with van der Waals surface area (Å²) in [7, 11) is 0. The molecule has 0 spiro atoms. The third-order valence-corrected chi connectivity index (χ3v) is 5.40. The number of ether oxygens (including phenoxy) is 1. The number of aliphatic hydroxyl groups excluding tert-OH is 1. The van der Waals surface area contributed by atoms with Crippen molar-refractivity contribution in [2.75, 3.05) is 72.1 Å². The van der Waals surface area contributed by atoms with E-state index >= 15 is 0 Å². The summed E-state index contributed by atoms with van der Waals surface area (Å²) < 4.78 is 18.4. The van der Waals surface area contributed by atoms with Crippen LogP contribution < -0.4 is 5.32 Å². The van der Waals surface area contributed by atoms with Crippen LogP contribution in [0.25, 0.3) is 0 Å². The number of benzene rings is 1. The standard InChI is InChI=1S/C21H32FN5O3.HI/c1-2-23-21(24-15-19(28)17-3-5-18(22)6-4-17)27-9-7-25(8-10-27)16-20(29)26-11-13-30-14-12-26;/h3-6,19,28H,2,7-16H2,1H3,(H,23,24);1H. The molecule has 0 saturated carbocycles. The minimum atomic E-state index is -0.785. The van der Waals surface area contributed by atoms with Gasteiger partial charge in [-0.2, -0.15) is 0 Å². The topological polar surface area (TPSA) is 80.6 Å². The van der Waals surface area contributed by atoms with Crippen molar-refractivity contribution >= 4 is 35.8 Å². The van der Waals surface area contributed by atoms with Gasteiger partial charge < -0.3 is 25.0 Å². The van der Waals surface area contributed by atoms with Crippen molar-refractivity contribution in [3.63, 3.8) is 0 Å². The van der Waals surface area contributed by atoms with Crippen LogP contribution >= 0.6 is 24.0 Å². The number of rotatable bonds is 6. The second kappa shape index (κ2) is 13.1. The third-order valence-electron chi connectivity index (χ3n) is 5.40. The predicted molar refractivity (Wildman–Crippen MR) is 128 cm³/mol. The molecule has 0 aromatic heterocycles. The number of hydrogen-bond donors (Lipinski definition) is 2. The van der Waals surface area contributed by atoms with E-state index in [-0.39, 0.29) is 42.2 Å². The first kappa shape index (κ1) is 25.8. The number of carbonyl (C=O) groups is 1. The number of halogens is 2. The molecule has 1 aromatic rings. The van der Waals surface area contributed by atoms with Crippen molar-refractivity contribution in [3.05, 3.63) is 35.6 Å². The van der Waals surface area contributed by atoms with Crippen molar-refractivity contribution in [2.45, 2.75) is 13.0 Å². The fourth-order valence-electron chi connectivity index (χ4n) is 3.61. The highest BCUT2D eigenvalue weighted by Crippen LogP contribution is 2.14. The van der Waals surface area contributed by atoms with Gasteiger partial charge >= 0.3 is 0 Å². The van der Waals surface area contributed by atoms with Crippen molar-refractivity contribution in [2.24, 2.45) is 4.99 Å². The van der Waals surface area contributed by atoms with Crippen molar-refractivity contribution in [1.82, 2.24) is 20.0 Å². The van der Waals surface area contributed by atoms with Crippen LogP contribution in [-0.4, -0.2) is 104 Å². The van der Waals surface area contributed by atoms with Gasteiger partial charge in [-0.3, -0.25) is 14.7 Å². The maximum absolute atomic E-state index is 13.1. The van der Waals surface area contributed by atoms with Gasteiger partial charge in [-0.05, 0) is 24.6 Å². The smallest absolute Gasteiger partial charge is 0.236 e. The summed E-state index contributed by atoms with van der Waals surface area (Å²) in [5.74, 6) is 0.584. The Kier molecular flexibility index (Phi) is 10.9. The van der Waals surface area contributed by atoms with E-state index in [2.05, 4.69) is 20.1 Å². The molecule has 2 saturated heterocycles. The summed E-state index contributed by atoms with van der Waals surface area (Å²) in [4.78, 5) is 23.2. The van der Waals surface area contributed by atoms with Crippen LogP contribution in [0.4, 0.5) is 4.39 Å². The first-order valence-electron chi connectivity index (χ1n) is 10.6. The molecule has 31 heavy (non-hydrogen) atoms. The lowest BCUT2D eigenvalue weighted by Gasteiger charge is -2.37. The summed E-state index contributed by atoms with van der Waals surface area (Å²) in [5, 5.41) is 13.6. The summed E-state index contributed by atoms with van der Waals surface area (Å²) in [6, 6.07) is 5.83. The average molecular weight is 549 g/mol. The normalized spacial score (nSPS) is 19.0. The second-order valence-corrected chi connectivity index (χ2v) is 7.52. The average Bonchev–Trinajstić information content (AvgIpc) is 2.78. The van der Waals surface area contributed by atoms with E-state index in [0.717, 1.165) is 38.7 Å². The molecule has 0 bridgehead atoms. The third kappa shape index (κ3) is 7.85. The molecular weight excluding hydrogens is 516 g/mol. The van der Waals surface area contributed by atoms with E-state index < -0.39 is 6.10 Å². The molecule has 2 aliphatic heterocycles. The summed E-state index contributed by atoms with van der Waals surface area (Å²) in [6.45, 7) is 9.01. The quantitative estimate of drug-likeness (QED) is 0.312. The fourth-order valence-corrected chi connectivity index (χ4v) is 3.61. The highest BCUT2D eigenvalue weighted by Gasteiger charge is 2.24. The Hall–Kier alpha value is -1.50. The fraction of sp³-hybridized carbons (Fsp3) is 0.619. The maximum Gasteiger partial charge on any atom is 0.236 e. The molecular formula is C21H33FIN5O3. The highest BCUT2D eigenvalue weighted by molar-refractivity contribution is 14.0. The monoisotopic (exact) mass is 549 g/mol. The van der Waals surface area contributed by atoms with Crippen LogP contribution in [0, 0.1) is 5.82 Å². The summed E-state index contributed by atoms with van der Waals surface area (Å²) in [5.41, 5.74) is 0.641. The van der Waals surface area contributed by atoms with Gasteiger partial charge in [0.15, 0.2) is 5.96 Å². The van der Waals surface area contributed by atoms with Crippen molar-refractivity contribution < 1.29 is 19.0 Å². The predicted octanol–water partition coefficient (Wildman–Crippen LogP) is 0.919. The van der Waals surface area contributed by atoms with Gasteiger partial charge in [0, 0.05) is 45.8 Å². The molecule has 0 aliphatic carbocycles. The number of nitrogens with zero attached hydrogens (tertiary/aromatic N) is 4. The van der Waals surface area contributed by atoms with Crippen LogP contribution in [-0.2, 0) is 9.53 Å². The molecule has 2 fully saturated rings. The molecule has 2 heterocycles. The van der Waals surface area contributed by atoms with Gasteiger partial charge in [-0.1, -0.05) is 12.1 Å². The number of piperazine rings is 1. The van der Waals surface area contributed by atoms with Crippen LogP contribution in [0.1, 0.15) is 18.6 Å². The molecule has 2 aliphatic rings. The molecule has 8 nitrogen and oxygen atoms in total. The zero-order valence-corrected chi connectivity index (χ0v) is 20.3. The first-order chi connectivity index (χ1) is 14.6. The Bertz CT molecular complexity index is 707. The van der Waals surface area contributed by atoms with E-state index in [0.29, 0.717) is 38.4 Å². The Balaban J connectivity index is 0.00000341. The Morgan fingerprint density at radius 2 is 1.77 bits per heavy atom. The number of morpholine rings is 1. The Morgan fingerprint density at radius 3 is 2.39 bits per heavy atom. The van der Waals surface area contributed by atoms with E-state index in [1.54, 1.807) is 12.1 Å². The van der Waals surface area contributed by atoms with E-state index in [9.17, 15) is 14.3 Å². The Morgan fingerprint density at radius 1 is 1.13 bits per heavy atom. The minimum Gasteiger partial charge on any atom is -0.386 e. The molecule has 0 radical (unpaired) electrons. The highest BCUT2D eigenvalue weighted by atomic mass is 127. The lowest BCUT2D eigenvalue weighted by Crippen LogP contribution is -2.55. The molecule has 1 atom stereocenters. The van der Waals surface area contributed by atoms with Gasteiger partial charge in [0.1, 0.15) is 5.82 Å². The lowest BCUT2D eigenvalue weighted by atomic mass is 10.1. The van der Waals surface area contributed by atoms with Gasteiger partial charge in [0.2, 0.25) is 5.91 Å². The second-order valence-electron chi connectivity index (χ2n) is 7.52. The minimum absolute atomic E-state index is 0. The summed E-state index contributed by atoms with van der Waals surface area (Å²) in [6.07, 6.45) is -0.785. The largest absolute Gasteiger partial charge is 0.386 e. The number of amides is 1. The number of aliphatic imine (C=N–C) groups is 1. The van der Waals surface area contributed by atoms with Gasteiger partial charge in [0.05, 0.1) is 32.4 Å². The van der Waals surface area contributed by atoms with Crippen LogP contribution in [0.2, 0.25) is 0 Å². The van der Waals surface area contributed by atoms with Gasteiger partial charge in [0.25, 0.3) is 0 Å². The van der Waals surface area contributed by atoms with Gasteiger partial charge in [-0.15, -0.1) is 24.0 Å². The van der Waals surface area contributed by atoms with Gasteiger partial charge in [-0.25, -0.2) is 4.39 Å². The zero-order chi connectivity index (χ0) is 21.3. The molecule has 1 aromatic carbocycles. The van der Waals surface area contributed by atoms with E-state index in [1.807, 2.05) is 11.8 Å². The number of aliphatic hydroxyl groups is 1. The van der Waals surface area contributed by atoms with E-state index in [1.165, 1.54) is 12.1 Å². The SMILES string of the molecule is CCNC(=NCC(O)c1ccc(F)cc1)N1CCN(CC(=O)N2CCOCC2)CC1.I. The molecule has 3 rings (SSSR count). The first-order valence-corrected chi connectivity index (χ1v) is 10.6. The molecule has 1 unspecified atom stereocenters. The number of nitrogens with one attached hydrogen (secondary N) is 1. The van der Waals surface area contributed by atoms with Crippen molar-refractivity contribution in [3.8, 4) is 0 Å². The van der Waals surface area contributed by atoms with Crippen molar-refractivity contribution in [1.29, 1.82) is 0 Å². The lowest BCUT2D eigenvalue weighted by molar-refractivity contribution is -0.136. The molecule has 174 valence electrons. The maximum atomic E-state index is 13.1. The van der Waals surface area contributed by atoms with Crippen LogP contribution in [0.3, 0.4) is 0 Å². The number of guanidine groups is 1. The summed E-state index contributed by atoms with van der Waals surface area (Å²) >= 11 is 0. The number of hydrogen-bond acceptors (Lipinski definition) is 5. The molecule has 2 N–H and O–H groups in total. The van der Waals surface area contributed by atoms with Crippen LogP contribution in [0.15, 0.2) is 29.3 Å². The molecule has 1 amide bonds. The van der Waals surface area contributed by atoms with Crippen LogP contribution in [0.5, 0.6) is 0 Å². The van der Waals surface area contributed by atoms with E-state index in [4.69, 9.17) is 4.74 Å². The Labute approximate surface area is 200 Å².